The molecule has 1 aromatic heterocycles. The lowest BCUT2D eigenvalue weighted by Crippen LogP contribution is -2.43. The first kappa shape index (κ1) is 25.6. The average molecular weight is 543 g/mol. The van der Waals surface area contributed by atoms with Crippen LogP contribution in [0, 0.1) is 5.82 Å². The lowest BCUT2D eigenvalue weighted by Gasteiger charge is -2.33. The smallest absolute Gasteiger partial charge is 0.320 e. The van der Waals surface area contributed by atoms with Crippen molar-refractivity contribution in [3.05, 3.63) is 52.4 Å². The van der Waals surface area contributed by atoms with E-state index in [1.54, 1.807) is 6.07 Å². The first-order valence-electron chi connectivity index (χ1n) is 13.6. The molecule has 202 valence electrons. The Morgan fingerprint density at radius 2 is 2.05 bits per heavy atom. The molecule has 6 nitrogen and oxygen atoms in total. The van der Waals surface area contributed by atoms with E-state index in [4.69, 9.17) is 26.1 Å². The summed E-state index contributed by atoms with van der Waals surface area (Å²) in [6, 6.07) is 9.29. The lowest BCUT2D eigenvalue weighted by atomic mass is 9.95. The number of fused-ring (bicyclic) bond motifs is 3. The van der Waals surface area contributed by atoms with Crippen LogP contribution in [0.1, 0.15) is 50.3 Å². The van der Waals surface area contributed by atoms with Crippen molar-refractivity contribution in [3.8, 4) is 11.9 Å². The van der Waals surface area contributed by atoms with Gasteiger partial charge in [-0.05, 0) is 49.7 Å². The molecule has 0 saturated carbocycles. The van der Waals surface area contributed by atoms with Gasteiger partial charge in [-0.15, -0.1) is 0 Å². The van der Waals surface area contributed by atoms with Gasteiger partial charge >= 0.3 is 6.01 Å². The van der Waals surface area contributed by atoms with Crippen LogP contribution >= 0.6 is 11.6 Å². The highest BCUT2D eigenvalue weighted by molar-refractivity contribution is 6.36. The third-order valence-electron chi connectivity index (χ3n) is 8.23. The van der Waals surface area contributed by atoms with Gasteiger partial charge in [-0.25, -0.2) is 8.78 Å². The molecule has 2 aromatic carbocycles. The summed E-state index contributed by atoms with van der Waals surface area (Å²) in [7, 11) is 0. The summed E-state index contributed by atoms with van der Waals surface area (Å²) in [6.07, 6.45) is 4.27. The standard InChI is InChI=1S/C29H33ClF2N4O2/c1-2-3-14-37-27-21-10-13-35(24-7-4-6-19-8-9-22(32)26(30)25(19)24)17-23(21)33-28(34-27)38-18-29-11-5-12-36(29)16-20(31)15-29/h4,6-9,20H,2-3,5,10-18H2,1H3/t20-,29+/m1/s1. The largest absolute Gasteiger partial charge is 0.477 e. The Bertz CT molecular complexity index is 1340. The van der Waals surface area contributed by atoms with Gasteiger partial charge in [0.25, 0.3) is 0 Å². The van der Waals surface area contributed by atoms with Gasteiger partial charge in [-0.2, -0.15) is 9.97 Å². The van der Waals surface area contributed by atoms with Crippen molar-refractivity contribution in [1.29, 1.82) is 0 Å². The van der Waals surface area contributed by atoms with E-state index in [0.29, 0.717) is 57.0 Å². The van der Waals surface area contributed by atoms with Crippen LogP contribution in [0.3, 0.4) is 0 Å². The molecule has 2 fully saturated rings. The predicted octanol–water partition coefficient (Wildman–Crippen LogP) is 6.12. The third-order valence-corrected chi connectivity index (χ3v) is 8.60. The van der Waals surface area contributed by atoms with E-state index < -0.39 is 12.0 Å². The number of alkyl halides is 1. The van der Waals surface area contributed by atoms with Crippen LogP contribution in [0.5, 0.6) is 11.9 Å². The number of benzene rings is 2. The van der Waals surface area contributed by atoms with Crippen LogP contribution in [0.4, 0.5) is 14.5 Å². The molecule has 38 heavy (non-hydrogen) atoms. The molecule has 3 aliphatic heterocycles. The zero-order valence-corrected chi connectivity index (χ0v) is 22.4. The first-order valence-corrected chi connectivity index (χ1v) is 14.0. The average Bonchev–Trinajstić information content (AvgIpc) is 3.44. The molecule has 0 bridgehead atoms. The zero-order valence-electron chi connectivity index (χ0n) is 21.7. The van der Waals surface area contributed by atoms with Crippen LogP contribution in [-0.4, -0.2) is 59.4 Å². The maximum absolute atomic E-state index is 14.4. The van der Waals surface area contributed by atoms with Crippen molar-refractivity contribution in [2.75, 3.05) is 37.7 Å². The van der Waals surface area contributed by atoms with Crippen molar-refractivity contribution in [1.82, 2.24) is 14.9 Å². The number of nitrogens with zero attached hydrogens (tertiary/aromatic N) is 4. The SMILES string of the molecule is CCCCOc1nc(OC[C@@]23CCCN2C[C@H](F)C3)nc2c1CCN(c1cccc3ccc(F)c(Cl)c13)C2. The molecule has 0 radical (unpaired) electrons. The van der Waals surface area contributed by atoms with Crippen molar-refractivity contribution in [2.24, 2.45) is 0 Å². The first-order chi connectivity index (χ1) is 18.5. The fourth-order valence-corrected chi connectivity index (χ4v) is 6.55. The van der Waals surface area contributed by atoms with Gasteiger partial charge in [0.1, 0.15) is 18.6 Å². The number of ether oxygens (including phenoxy) is 2. The number of unbranched alkanes of at least 4 members (excludes halogenated alkanes) is 1. The molecule has 2 saturated heterocycles. The molecular formula is C29H33ClF2N4O2. The van der Waals surface area contributed by atoms with Gasteiger partial charge in [-0.3, -0.25) is 4.90 Å². The summed E-state index contributed by atoms with van der Waals surface area (Å²) >= 11 is 6.43. The van der Waals surface area contributed by atoms with Crippen LogP contribution in [0.2, 0.25) is 5.02 Å². The van der Waals surface area contributed by atoms with E-state index in [1.807, 2.05) is 18.2 Å². The minimum absolute atomic E-state index is 0.127. The molecule has 3 aromatic rings. The number of hydrogen-bond acceptors (Lipinski definition) is 6. The molecule has 0 amide bonds. The highest BCUT2D eigenvalue weighted by atomic mass is 35.5. The minimum atomic E-state index is -0.817. The summed E-state index contributed by atoms with van der Waals surface area (Å²) in [5.74, 6) is 0.132. The molecule has 9 heteroatoms. The van der Waals surface area contributed by atoms with Crippen molar-refractivity contribution in [2.45, 2.75) is 63.7 Å². The van der Waals surface area contributed by atoms with Crippen LogP contribution in [0.15, 0.2) is 30.3 Å². The molecule has 0 N–H and O–H groups in total. The molecule has 6 rings (SSSR count). The van der Waals surface area contributed by atoms with Crippen LogP contribution in [0.25, 0.3) is 10.8 Å². The number of rotatable bonds is 8. The fraction of sp³-hybridized carbons (Fsp3) is 0.517. The second kappa shape index (κ2) is 10.5. The van der Waals surface area contributed by atoms with E-state index >= 15 is 0 Å². The van der Waals surface area contributed by atoms with Gasteiger partial charge in [0.05, 0.1) is 29.4 Å². The van der Waals surface area contributed by atoms with Crippen LogP contribution < -0.4 is 14.4 Å². The summed E-state index contributed by atoms with van der Waals surface area (Å²) in [5.41, 5.74) is 2.39. The second-order valence-electron chi connectivity index (χ2n) is 10.7. The number of aromatic nitrogens is 2. The molecule has 0 spiro atoms. The lowest BCUT2D eigenvalue weighted by molar-refractivity contribution is 0.106. The highest BCUT2D eigenvalue weighted by Gasteiger charge is 2.49. The number of hydrogen-bond donors (Lipinski definition) is 0. The monoisotopic (exact) mass is 542 g/mol. The molecule has 0 unspecified atom stereocenters. The normalized spacial score (nSPS) is 23.1. The topological polar surface area (TPSA) is 50.7 Å². The van der Waals surface area contributed by atoms with E-state index in [-0.39, 0.29) is 16.6 Å². The zero-order chi connectivity index (χ0) is 26.3. The molecule has 2 atom stereocenters. The van der Waals surface area contributed by atoms with Gasteiger partial charge in [0.2, 0.25) is 5.88 Å². The van der Waals surface area contributed by atoms with Gasteiger partial charge in [0, 0.05) is 36.1 Å². The Morgan fingerprint density at radius 1 is 1.16 bits per heavy atom. The highest BCUT2D eigenvalue weighted by Crippen LogP contribution is 2.41. The Kier molecular flexibility index (Phi) is 7.03. The van der Waals surface area contributed by atoms with Crippen molar-refractivity contribution in [3.63, 3.8) is 0 Å². The number of anilines is 1. The van der Waals surface area contributed by atoms with E-state index in [9.17, 15) is 8.78 Å². The maximum atomic E-state index is 14.4. The number of halogens is 3. The van der Waals surface area contributed by atoms with E-state index in [0.717, 1.165) is 54.6 Å². The molecular weight excluding hydrogens is 510 g/mol. The molecule has 4 heterocycles. The van der Waals surface area contributed by atoms with Crippen molar-refractivity contribution >= 4 is 28.1 Å². The Balaban J connectivity index is 1.30. The summed E-state index contributed by atoms with van der Waals surface area (Å²) in [6.45, 7) is 5.63. The fourth-order valence-electron chi connectivity index (χ4n) is 6.28. The van der Waals surface area contributed by atoms with Gasteiger partial charge in [-0.1, -0.05) is 43.1 Å². The second-order valence-corrected chi connectivity index (χ2v) is 11.1. The van der Waals surface area contributed by atoms with Crippen LogP contribution in [-0.2, 0) is 13.0 Å². The Labute approximate surface area is 226 Å². The summed E-state index contributed by atoms with van der Waals surface area (Å²) in [5, 5.41) is 1.71. The summed E-state index contributed by atoms with van der Waals surface area (Å²) in [4.78, 5) is 13.9. The quantitative estimate of drug-likeness (QED) is 0.320. The summed E-state index contributed by atoms with van der Waals surface area (Å²) < 4.78 is 41.0. The van der Waals surface area contributed by atoms with Crippen molar-refractivity contribution < 1.29 is 18.3 Å². The van der Waals surface area contributed by atoms with E-state index in [2.05, 4.69) is 21.7 Å². The Morgan fingerprint density at radius 3 is 2.92 bits per heavy atom. The maximum Gasteiger partial charge on any atom is 0.320 e. The van der Waals surface area contributed by atoms with Gasteiger partial charge in [0.15, 0.2) is 0 Å². The van der Waals surface area contributed by atoms with Gasteiger partial charge < -0.3 is 14.4 Å². The molecule has 0 aliphatic carbocycles. The third kappa shape index (κ3) is 4.66. The van der Waals surface area contributed by atoms with E-state index in [1.165, 1.54) is 6.07 Å². The Hall–Kier alpha value is -2.71. The predicted molar refractivity (Wildman–Crippen MR) is 145 cm³/mol. The minimum Gasteiger partial charge on any atom is -0.477 e. The molecule has 3 aliphatic rings.